The molecule has 2 aromatic carbocycles. The van der Waals surface area contributed by atoms with Crippen LogP contribution in [0.25, 0.3) is 0 Å². The fourth-order valence-electron chi connectivity index (χ4n) is 3.04. The Balaban J connectivity index is 1.57. The first-order valence-corrected chi connectivity index (χ1v) is 8.82. The molecule has 0 bridgehead atoms. The molecule has 0 saturated carbocycles. The van der Waals surface area contributed by atoms with Crippen LogP contribution in [0.3, 0.4) is 0 Å². The summed E-state index contributed by atoms with van der Waals surface area (Å²) in [7, 11) is 0. The van der Waals surface area contributed by atoms with Gasteiger partial charge in [0.2, 0.25) is 0 Å². The van der Waals surface area contributed by atoms with Gasteiger partial charge in [-0.1, -0.05) is 18.2 Å². The van der Waals surface area contributed by atoms with Crippen LogP contribution in [-0.2, 0) is 6.42 Å². The van der Waals surface area contributed by atoms with Gasteiger partial charge >= 0.3 is 6.03 Å². The molecule has 0 spiro atoms. The van der Waals surface area contributed by atoms with Gasteiger partial charge in [0, 0.05) is 30.5 Å². The standard InChI is InChI=1S/C20H25N3O2/c1-15(6-7-16-8-10-19(24)11-9-16)22-17-4-2-5-18(14-17)23-13-3-12-21-20(23)25/h2,4-5,8-11,14-15,22,24H,3,6-7,12-13H2,1H3,(H,21,25)/t15-/m1/s1. The molecule has 1 aliphatic heterocycles. The molecule has 1 atom stereocenters. The Bertz CT molecular complexity index is 715. The third kappa shape index (κ3) is 4.66. The molecule has 3 rings (SSSR count). The summed E-state index contributed by atoms with van der Waals surface area (Å²) in [6, 6.07) is 15.6. The minimum Gasteiger partial charge on any atom is -0.508 e. The maximum Gasteiger partial charge on any atom is 0.321 e. The van der Waals surface area contributed by atoms with E-state index in [1.807, 2.05) is 36.4 Å². The molecule has 1 aliphatic rings. The van der Waals surface area contributed by atoms with Gasteiger partial charge in [-0.05, 0) is 62.1 Å². The lowest BCUT2D eigenvalue weighted by Gasteiger charge is -2.28. The monoisotopic (exact) mass is 339 g/mol. The third-order valence-electron chi connectivity index (χ3n) is 4.45. The summed E-state index contributed by atoms with van der Waals surface area (Å²) >= 11 is 0. The van der Waals surface area contributed by atoms with E-state index in [2.05, 4.69) is 17.6 Å². The number of phenols is 1. The molecule has 5 heteroatoms. The van der Waals surface area contributed by atoms with Crippen molar-refractivity contribution in [3.8, 4) is 5.75 Å². The first-order valence-electron chi connectivity index (χ1n) is 8.82. The number of nitrogens with zero attached hydrogens (tertiary/aromatic N) is 1. The number of nitrogens with one attached hydrogen (secondary N) is 2. The molecule has 0 unspecified atom stereocenters. The highest BCUT2D eigenvalue weighted by Gasteiger charge is 2.19. The van der Waals surface area contributed by atoms with Crippen LogP contribution in [0.2, 0.25) is 0 Å². The quantitative estimate of drug-likeness (QED) is 0.751. The van der Waals surface area contributed by atoms with E-state index in [4.69, 9.17) is 0 Å². The molecule has 25 heavy (non-hydrogen) atoms. The lowest BCUT2D eigenvalue weighted by molar-refractivity contribution is 0.243. The van der Waals surface area contributed by atoms with Crippen molar-refractivity contribution >= 4 is 17.4 Å². The number of amides is 2. The van der Waals surface area contributed by atoms with Crippen molar-refractivity contribution in [3.05, 3.63) is 54.1 Å². The van der Waals surface area contributed by atoms with Crippen molar-refractivity contribution < 1.29 is 9.90 Å². The summed E-state index contributed by atoms with van der Waals surface area (Å²) in [5.74, 6) is 0.300. The molecule has 1 saturated heterocycles. The molecule has 5 nitrogen and oxygen atoms in total. The molecule has 132 valence electrons. The molecule has 2 amide bonds. The molecule has 0 radical (unpaired) electrons. The van der Waals surface area contributed by atoms with Gasteiger partial charge in [0.15, 0.2) is 0 Å². The Kier molecular flexibility index (Phi) is 5.43. The topological polar surface area (TPSA) is 64.6 Å². The maximum absolute atomic E-state index is 12.0. The zero-order chi connectivity index (χ0) is 17.6. The SMILES string of the molecule is C[C@H](CCc1ccc(O)cc1)Nc1cccc(N2CCCNC2=O)c1. The Morgan fingerprint density at radius 2 is 2.04 bits per heavy atom. The van der Waals surface area contributed by atoms with E-state index in [0.29, 0.717) is 11.8 Å². The second-order valence-electron chi connectivity index (χ2n) is 6.54. The van der Waals surface area contributed by atoms with Crippen molar-refractivity contribution in [2.45, 2.75) is 32.2 Å². The van der Waals surface area contributed by atoms with Crippen molar-refractivity contribution in [2.75, 3.05) is 23.3 Å². The van der Waals surface area contributed by atoms with E-state index >= 15 is 0 Å². The van der Waals surface area contributed by atoms with Crippen LogP contribution in [0.1, 0.15) is 25.3 Å². The van der Waals surface area contributed by atoms with E-state index < -0.39 is 0 Å². The molecular weight excluding hydrogens is 314 g/mol. The second kappa shape index (κ2) is 7.92. The fourth-order valence-corrected chi connectivity index (χ4v) is 3.04. The largest absolute Gasteiger partial charge is 0.508 e. The third-order valence-corrected chi connectivity index (χ3v) is 4.45. The Hall–Kier alpha value is -2.69. The maximum atomic E-state index is 12.0. The smallest absolute Gasteiger partial charge is 0.321 e. The van der Waals surface area contributed by atoms with Gasteiger partial charge in [-0.3, -0.25) is 4.90 Å². The van der Waals surface area contributed by atoms with Crippen LogP contribution in [-0.4, -0.2) is 30.3 Å². The van der Waals surface area contributed by atoms with Gasteiger partial charge in [0.05, 0.1) is 0 Å². The van der Waals surface area contributed by atoms with Gasteiger partial charge in [0.25, 0.3) is 0 Å². The molecule has 0 aromatic heterocycles. The normalized spacial score (nSPS) is 15.6. The number of hydrogen-bond acceptors (Lipinski definition) is 3. The number of aromatic hydroxyl groups is 1. The summed E-state index contributed by atoms with van der Waals surface area (Å²) in [4.78, 5) is 13.8. The number of hydrogen-bond donors (Lipinski definition) is 3. The molecule has 0 aliphatic carbocycles. The lowest BCUT2D eigenvalue weighted by Crippen LogP contribution is -2.46. The highest BCUT2D eigenvalue weighted by atomic mass is 16.3. The number of aryl methyl sites for hydroxylation is 1. The van der Waals surface area contributed by atoms with E-state index in [0.717, 1.165) is 43.7 Å². The predicted octanol–water partition coefficient (Wildman–Crippen LogP) is 3.75. The average Bonchev–Trinajstić information content (AvgIpc) is 2.62. The fraction of sp³-hybridized carbons (Fsp3) is 0.350. The number of rotatable bonds is 6. The first kappa shape index (κ1) is 17.1. The predicted molar refractivity (Wildman–Crippen MR) is 101 cm³/mol. The number of phenolic OH excluding ortho intramolecular Hbond substituents is 1. The lowest BCUT2D eigenvalue weighted by atomic mass is 10.1. The Morgan fingerprint density at radius 3 is 2.80 bits per heavy atom. The second-order valence-corrected chi connectivity index (χ2v) is 6.54. The van der Waals surface area contributed by atoms with Crippen LogP contribution in [0.5, 0.6) is 5.75 Å². The van der Waals surface area contributed by atoms with Gasteiger partial charge in [-0.2, -0.15) is 0 Å². The first-order chi connectivity index (χ1) is 12.1. The highest BCUT2D eigenvalue weighted by Crippen LogP contribution is 2.22. The number of carbonyl (C=O) groups excluding carboxylic acids is 1. The van der Waals surface area contributed by atoms with Crippen LogP contribution < -0.4 is 15.5 Å². The van der Waals surface area contributed by atoms with Crippen molar-refractivity contribution in [2.24, 2.45) is 0 Å². The van der Waals surface area contributed by atoms with Crippen molar-refractivity contribution in [3.63, 3.8) is 0 Å². The minimum absolute atomic E-state index is 0.0243. The van der Waals surface area contributed by atoms with Gasteiger partial charge in [-0.25, -0.2) is 4.79 Å². The van der Waals surface area contributed by atoms with Crippen molar-refractivity contribution in [1.82, 2.24) is 5.32 Å². The van der Waals surface area contributed by atoms with Gasteiger partial charge < -0.3 is 15.7 Å². The zero-order valence-corrected chi connectivity index (χ0v) is 14.5. The summed E-state index contributed by atoms with van der Waals surface area (Å²) in [5, 5.41) is 15.7. The summed E-state index contributed by atoms with van der Waals surface area (Å²) in [5.41, 5.74) is 3.16. The Morgan fingerprint density at radius 1 is 1.24 bits per heavy atom. The average molecular weight is 339 g/mol. The van der Waals surface area contributed by atoms with Crippen molar-refractivity contribution in [1.29, 1.82) is 0 Å². The summed E-state index contributed by atoms with van der Waals surface area (Å²) in [6.07, 6.45) is 2.90. The Labute approximate surface area is 148 Å². The molecule has 3 N–H and O–H groups in total. The molecule has 1 fully saturated rings. The van der Waals surface area contributed by atoms with E-state index in [1.54, 1.807) is 17.0 Å². The van der Waals surface area contributed by atoms with E-state index in [9.17, 15) is 9.90 Å². The van der Waals surface area contributed by atoms with Crippen LogP contribution in [0.4, 0.5) is 16.2 Å². The number of carbonyl (C=O) groups is 1. The van der Waals surface area contributed by atoms with Gasteiger partial charge in [0.1, 0.15) is 5.75 Å². The minimum atomic E-state index is -0.0243. The molecular formula is C20H25N3O2. The van der Waals surface area contributed by atoms with Crippen LogP contribution in [0.15, 0.2) is 48.5 Å². The molecule has 2 aromatic rings. The van der Waals surface area contributed by atoms with Crippen LogP contribution >= 0.6 is 0 Å². The van der Waals surface area contributed by atoms with Crippen LogP contribution in [0, 0.1) is 0 Å². The summed E-state index contributed by atoms with van der Waals surface area (Å²) < 4.78 is 0. The van der Waals surface area contributed by atoms with Gasteiger partial charge in [-0.15, -0.1) is 0 Å². The highest BCUT2D eigenvalue weighted by molar-refractivity contribution is 5.93. The number of anilines is 2. The zero-order valence-electron chi connectivity index (χ0n) is 14.5. The van der Waals surface area contributed by atoms with E-state index in [-0.39, 0.29) is 6.03 Å². The van der Waals surface area contributed by atoms with E-state index in [1.165, 1.54) is 5.56 Å². The number of benzene rings is 2. The molecule has 1 heterocycles. The number of urea groups is 1. The summed E-state index contributed by atoms with van der Waals surface area (Å²) in [6.45, 7) is 3.66.